The number of hydrazine groups is 1. The number of nitrogen functional groups attached to an aromatic ring is 1. The van der Waals surface area contributed by atoms with Crippen LogP contribution in [0.15, 0.2) is 23.2 Å². The number of nitrogens with two attached hydrogens (primary N) is 2. The lowest BCUT2D eigenvalue weighted by Crippen LogP contribution is -2.58. The molecule has 6 N–H and O–H groups in total. The fourth-order valence-electron chi connectivity index (χ4n) is 1.42. The van der Waals surface area contributed by atoms with Gasteiger partial charge in [0.25, 0.3) is 0 Å². The van der Waals surface area contributed by atoms with Crippen LogP contribution in [0.25, 0.3) is 0 Å². The summed E-state index contributed by atoms with van der Waals surface area (Å²) < 4.78 is 26.8. The first kappa shape index (κ1) is 16.3. The number of rotatable bonds is 6. The molecule has 1 aromatic heterocycles. The Morgan fingerprint density at radius 2 is 2.00 bits per heavy atom. The van der Waals surface area contributed by atoms with Crippen LogP contribution in [0, 0.1) is 5.92 Å². The van der Waals surface area contributed by atoms with Crippen molar-refractivity contribution in [3.05, 3.63) is 18.3 Å². The molecule has 0 fully saturated rings. The van der Waals surface area contributed by atoms with Gasteiger partial charge in [-0.2, -0.15) is 4.72 Å². The summed E-state index contributed by atoms with van der Waals surface area (Å²) in [6, 6.07) is 2.73. The van der Waals surface area contributed by atoms with Crippen LogP contribution < -0.4 is 21.7 Å². The molecule has 0 bridgehead atoms. The van der Waals surface area contributed by atoms with Crippen molar-refractivity contribution in [1.29, 1.82) is 0 Å². The maximum atomic E-state index is 12.2. The molecule has 0 aliphatic rings. The molecular weight excluding hydrogens is 282 g/mol. The molecule has 0 saturated heterocycles. The second-order valence-corrected chi connectivity index (χ2v) is 6.53. The highest BCUT2D eigenvalue weighted by atomic mass is 32.2. The van der Waals surface area contributed by atoms with Gasteiger partial charge in [-0.25, -0.2) is 19.2 Å². The molecule has 1 aromatic rings. The van der Waals surface area contributed by atoms with E-state index in [1.54, 1.807) is 13.8 Å². The van der Waals surface area contributed by atoms with E-state index in [0.717, 1.165) is 6.20 Å². The van der Waals surface area contributed by atoms with E-state index in [4.69, 9.17) is 11.6 Å². The van der Waals surface area contributed by atoms with Crippen LogP contribution >= 0.6 is 0 Å². The Morgan fingerprint density at radius 3 is 2.35 bits per heavy atom. The van der Waals surface area contributed by atoms with Crippen LogP contribution in [-0.2, 0) is 14.8 Å². The molecule has 0 saturated carbocycles. The lowest BCUT2D eigenvalue weighted by Gasteiger charge is -2.30. The van der Waals surface area contributed by atoms with Crippen LogP contribution in [0.3, 0.4) is 0 Å². The second-order valence-electron chi connectivity index (χ2n) is 4.85. The van der Waals surface area contributed by atoms with Crippen LogP contribution in [0.1, 0.15) is 20.8 Å². The lowest BCUT2D eigenvalue weighted by molar-refractivity contribution is -0.124. The topological polar surface area (TPSA) is 140 Å². The normalized spacial score (nSPS) is 14.8. The summed E-state index contributed by atoms with van der Waals surface area (Å²) in [7, 11) is -3.91. The van der Waals surface area contributed by atoms with Crippen LogP contribution in [-0.4, -0.2) is 24.8 Å². The molecule has 1 rings (SSSR count). The molecule has 1 atom stereocenters. The van der Waals surface area contributed by atoms with Crippen molar-refractivity contribution in [2.75, 3.05) is 5.43 Å². The zero-order valence-corrected chi connectivity index (χ0v) is 12.4. The van der Waals surface area contributed by atoms with Gasteiger partial charge >= 0.3 is 0 Å². The van der Waals surface area contributed by atoms with Gasteiger partial charge < -0.3 is 11.2 Å². The molecule has 0 aliphatic carbocycles. The Morgan fingerprint density at radius 1 is 1.40 bits per heavy atom. The van der Waals surface area contributed by atoms with E-state index >= 15 is 0 Å². The van der Waals surface area contributed by atoms with Gasteiger partial charge in [-0.15, -0.1) is 0 Å². The van der Waals surface area contributed by atoms with Crippen LogP contribution in [0.5, 0.6) is 0 Å². The SMILES string of the molecule is CC(C)C(C)(NS(=O)(=O)c1ccc(NN)nc1)C(N)=O. The molecule has 112 valence electrons. The van der Waals surface area contributed by atoms with Gasteiger partial charge in [0, 0.05) is 6.20 Å². The summed E-state index contributed by atoms with van der Waals surface area (Å²) in [4.78, 5) is 15.3. The predicted octanol–water partition coefficient (Wildman–Crippen LogP) is -0.454. The van der Waals surface area contributed by atoms with Crippen molar-refractivity contribution in [1.82, 2.24) is 9.71 Å². The fourth-order valence-corrected chi connectivity index (χ4v) is 2.87. The minimum atomic E-state index is -3.91. The first-order valence-corrected chi connectivity index (χ1v) is 7.38. The van der Waals surface area contributed by atoms with Gasteiger partial charge in [0.1, 0.15) is 16.3 Å². The van der Waals surface area contributed by atoms with Crippen LogP contribution in [0.4, 0.5) is 5.82 Å². The highest BCUT2D eigenvalue weighted by Gasteiger charge is 2.39. The number of carbonyl (C=O) groups is 1. The average molecular weight is 301 g/mol. The van der Waals surface area contributed by atoms with Gasteiger partial charge in [0.15, 0.2) is 0 Å². The summed E-state index contributed by atoms with van der Waals surface area (Å²) >= 11 is 0. The monoisotopic (exact) mass is 301 g/mol. The molecule has 20 heavy (non-hydrogen) atoms. The van der Waals surface area contributed by atoms with Gasteiger partial charge in [0.2, 0.25) is 15.9 Å². The van der Waals surface area contributed by atoms with Crippen molar-refractivity contribution < 1.29 is 13.2 Å². The summed E-state index contributed by atoms with van der Waals surface area (Å²) in [5.74, 6) is 4.42. The molecule has 1 amide bonds. The third-order valence-electron chi connectivity index (χ3n) is 3.21. The van der Waals surface area contributed by atoms with Gasteiger partial charge in [-0.05, 0) is 25.0 Å². The Kier molecular flexibility index (Phi) is 4.69. The molecular formula is C11H19N5O3S. The minimum absolute atomic E-state index is 0.0791. The van der Waals surface area contributed by atoms with E-state index in [-0.39, 0.29) is 10.8 Å². The number of hydrogen-bond acceptors (Lipinski definition) is 6. The zero-order valence-electron chi connectivity index (χ0n) is 11.5. The van der Waals surface area contributed by atoms with E-state index in [2.05, 4.69) is 15.1 Å². The summed E-state index contributed by atoms with van der Waals surface area (Å²) in [6.07, 6.45) is 1.14. The van der Waals surface area contributed by atoms with Crippen molar-refractivity contribution in [3.63, 3.8) is 0 Å². The number of amides is 1. The Balaban J connectivity index is 3.13. The number of nitrogens with zero attached hydrogens (tertiary/aromatic N) is 1. The van der Waals surface area contributed by atoms with E-state index in [1.807, 2.05) is 0 Å². The molecule has 0 aromatic carbocycles. The number of hydrogen-bond donors (Lipinski definition) is 4. The van der Waals surface area contributed by atoms with Crippen molar-refractivity contribution in [2.45, 2.75) is 31.2 Å². The number of aromatic nitrogens is 1. The van der Waals surface area contributed by atoms with Crippen molar-refractivity contribution in [2.24, 2.45) is 17.5 Å². The molecule has 9 heteroatoms. The summed E-state index contributed by atoms with van der Waals surface area (Å²) in [5, 5.41) is 0. The highest BCUT2D eigenvalue weighted by Crippen LogP contribution is 2.20. The predicted molar refractivity (Wildman–Crippen MR) is 74.8 cm³/mol. The third kappa shape index (κ3) is 3.24. The van der Waals surface area contributed by atoms with Crippen molar-refractivity contribution >= 4 is 21.7 Å². The van der Waals surface area contributed by atoms with E-state index in [1.165, 1.54) is 19.1 Å². The molecule has 0 spiro atoms. The van der Waals surface area contributed by atoms with E-state index < -0.39 is 21.5 Å². The second kappa shape index (κ2) is 5.73. The van der Waals surface area contributed by atoms with Crippen LogP contribution in [0.2, 0.25) is 0 Å². The van der Waals surface area contributed by atoms with Crippen molar-refractivity contribution in [3.8, 4) is 0 Å². The van der Waals surface area contributed by atoms with Gasteiger partial charge in [-0.3, -0.25) is 4.79 Å². The summed E-state index contributed by atoms with van der Waals surface area (Å²) in [5.41, 5.74) is 6.20. The quantitative estimate of drug-likeness (QED) is 0.414. The number of carbonyl (C=O) groups excluding carboxylic acids is 1. The number of sulfonamides is 1. The molecule has 1 heterocycles. The Labute approximate surface area is 118 Å². The third-order valence-corrected chi connectivity index (χ3v) is 4.76. The highest BCUT2D eigenvalue weighted by molar-refractivity contribution is 7.89. The minimum Gasteiger partial charge on any atom is -0.368 e. The average Bonchev–Trinajstić information content (AvgIpc) is 2.37. The number of primary amides is 1. The lowest BCUT2D eigenvalue weighted by atomic mass is 9.89. The van der Waals surface area contributed by atoms with Gasteiger partial charge in [0.05, 0.1) is 0 Å². The Hall–Kier alpha value is -1.71. The number of nitrogens with one attached hydrogen (secondary N) is 2. The van der Waals surface area contributed by atoms with Gasteiger partial charge in [-0.1, -0.05) is 13.8 Å². The maximum Gasteiger partial charge on any atom is 0.243 e. The number of pyridine rings is 1. The first-order valence-electron chi connectivity index (χ1n) is 5.90. The fraction of sp³-hybridized carbons (Fsp3) is 0.455. The van der Waals surface area contributed by atoms with E-state index in [9.17, 15) is 13.2 Å². The smallest absolute Gasteiger partial charge is 0.243 e. The Bertz CT molecular complexity index is 585. The molecule has 0 radical (unpaired) electrons. The summed E-state index contributed by atoms with van der Waals surface area (Å²) in [6.45, 7) is 4.85. The zero-order chi connectivity index (χ0) is 15.6. The van der Waals surface area contributed by atoms with E-state index in [0.29, 0.717) is 5.82 Å². The largest absolute Gasteiger partial charge is 0.368 e. The molecule has 0 aliphatic heterocycles. The number of anilines is 1. The maximum absolute atomic E-state index is 12.2. The molecule has 1 unspecified atom stereocenters. The standard InChI is InChI=1S/C11H19N5O3S/c1-7(2)11(3,10(12)17)16-20(18,19)8-4-5-9(15-13)14-6-8/h4-7,16H,13H2,1-3H3,(H2,12,17)(H,14,15). The first-order chi connectivity index (χ1) is 9.13. The molecule has 8 nitrogen and oxygen atoms in total.